The third-order valence-electron chi connectivity index (χ3n) is 6.11. The van der Waals surface area contributed by atoms with Crippen LogP contribution < -0.4 is 5.32 Å². The van der Waals surface area contributed by atoms with Gasteiger partial charge in [0, 0.05) is 25.5 Å². The summed E-state index contributed by atoms with van der Waals surface area (Å²) in [5.74, 6) is 1.72. The quantitative estimate of drug-likeness (QED) is 0.240. The van der Waals surface area contributed by atoms with Gasteiger partial charge in [0.25, 0.3) is 0 Å². The zero-order chi connectivity index (χ0) is 29.6. The number of carbonyl (C=O) groups is 4. The van der Waals surface area contributed by atoms with Crippen molar-refractivity contribution in [3.05, 3.63) is 12.2 Å². The van der Waals surface area contributed by atoms with Gasteiger partial charge in [0.1, 0.15) is 24.8 Å². The van der Waals surface area contributed by atoms with Crippen molar-refractivity contribution in [2.75, 3.05) is 17.7 Å². The molecule has 2 aromatic rings. The maximum Gasteiger partial charge on any atom is 0.308 e. The van der Waals surface area contributed by atoms with Gasteiger partial charge in [-0.3, -0.25) is 23.7 Å². The van der Waals surface area contributed by atoms with Gasteiger partial charge in [0.2, 0.25) is 11.5 Å². The maximum atomic E-state index is 12.5. The fourth-order valence-corrected chi connectivity index (χ4v) is 4.51. The highest BCUT2D eigenvalue weighted by Gasteiger charge is 2.52. The molecule has 1 fully saturated rings. The topological polar surface area (TPSA) is 152 Å². The second kappa shape index (κ2) is 13.2. The zero-order valence-electron chi connectivity index (χ0n) is 23.6. The highest BCUT2D eigenvalue weighted by molar-refractivity contribution is 8.13. The largest absolute Gasteiger partial charge is 0.461 e. The SMILES string of the molecule is C#C[C@]1(COC(=O)C(C)C)O[C@@H](n2cnc3c(NC(=O)CCCSC(C)=O)nc(C)nc32)C[C@@H]1OC(=O)C(C)C. The first-order chi connectivity index (χ1) is 18.9. The van der Waals surface area contributed by atoms with Crippen molar-refractivity contribution in [1.82, 2.24) is 19.5 Å². The van der Waals surface area contributed by atoms with Crippen molar-refractivity contribution in [1.29, 1.82) is 0 Å². The second-order valence-corrected chi connectivity index (χ2v) is 11.4. The Morgan fingerprint density at radius 2 is 1.93 bits per heavy atom. The predicted octanol–water partition coefficient (Wildman–Crippen LogP) is 3.19. The Hall–Kier alpha value is -3.50. The fourth-order valence-electron chi connectivity index (χ4n) is 3.94. The van der Waals surface area contributed by atoms with Gasteiger partial charge >= 0.3 is 11.9 Å². The number of imidazole rings is 1. The van der Waals surface area contributed by atoms with E-state index in [4.69, 9.17) is 20.6 Å². The highest BCUT2D eigenvalue weighted by Crippen LogP contribution is 2.40. The van der Waals surface area contributed by atoms with Crippen LogP contribution in [-0.4, -0.2) is 66.5 Å². The number of amides is 1. The summed E-state index contributed by atoms with van der Waals surface area (Å²) in [6, 6.07) is 0. The molecule has 0 spiro atoms. The van der Waals surface area contributed by atoms with E-state index in [1.54, 1.807) is 39.2 Å². The fraction of sp³-hybridized carbons (Fsp3) is 0.593. The zero-order valence-corrected chi connectivity index (χ0v) is 24.4. The summed E-state index contributed by atoms with van der Waals surface area (Å²) < 4.78 is 19.1. The first-order valence-electron chi connectivity index (χ1n) is 13.0. The van der Waals surface area contributed by atoms with Gasteiger partial charge in [0.15, 0.2) is 22.1 Å². The molecule has 1 aliphatic rings. The van der Waals surface area contributed by atoms with Gasteiger partial charge in [-0.1, -0.05) is 45.4 Å². The summed E-state index contributed by atoms with van der Waals surface area (Å²) in [5, 5.41) is 2.78. The minimum absolute atomic E-state index is 0.00126. The van der Waals surface area contributed by atoms with Gasteiger partial charge < -0.3 is 19.5 Å². The van der Waals surface area contributed by atoms with Crippen LogP contribution in [0, 0.1) is 31.1 Å². The Labute approximate surface area is 237 Å². The van der Waals surface area contributed by atoms with Crippen LogP contribution in [0.15, 0.2) is 6.33 Å². The van der Waals surface area contributed by atoms with E-state index in [1.807, 2.05) is 0 Å². The molecule has 0 aliphatic carbocycles. The van der Waals surface area contributed by atoms with Crippen LogP contribution in [0.5, 0.6) is 0 Å². The maximum absolute atomic E-state index is 12.5. The molecule has 0 unspecified atom stereocenters. The van der Waals surface area contributed by atoms with E-state index in [9.17, 15) is 19.2 Å². The third-order valence-corrected chi connectivity index (χ3v) is 7.01. The molecular weight excluding hydrogens is 538 g/mol. The minimum atomic E-state index is -1.53. The molecule has 3 rings (SSSR count). The van der Waals surface area contributed by atoms with E-state index in [0.29, 0.717) is 29.2 Å². The average molecular weight is 574 g/mol. The number of fused-ring (bicyclic) bond motifs is 1. The van der Waals surface area contributed by atoms with E-state index in [-0.39, 0.29) is 42.2 Å². The predicted molar refractivity (Wildman–Crippen MR) is 148 cm³/mol. The summed E-state index contributed by atoms with van der Waals surface area (Å²) in [6.07, 6.45) is 6.57. The Morgan fingerprint density at radius 1 is 1.23 bits per heavy atom. The molecule has 1 saturated heterocycles. The molecule has 0 saturated carbocycles. The van der Waals surface area contributed by atoms with Crippen molar-refractivity contribution in [2.45, 2.75) is 78.7 Å². The summed E-state index contributed by atoms with van der Waals surface area (Å²) in [4.78, 5) is 61.6. The number of anilines is 1. The molecular formula is C27H35N5O7S. The van der Waals surface area contributed by atoms with E-state index in [1.165, 1.54) is 25.0 Å². The van der Waals surface area contributed by atoms with E-state index < -0.39 is 35.8 Å². The highest BCUT2D eigenvalue weighted by atomic mass is 32.2. The third kappa shape index (κ3) is 7.37. The van der Waals surface area contributed by atoms with E-state index in [0.717, 1.165) is 0 Å². The number of nitrogens with one attached hydrogen (secondary N) is 1. The molecule has 216 valence electrons. The number of aryl methyl sites for hydroxylation is 1. The number of aromatic nitrogens is 4. The molecule has 0 radical (unpaired) electrons. The van der Waals surface area contributed by atoms with Crippen molar-refractivity contribution in [2.24, 2.45) is 11.8 Å². The van der Waals surface area contributed by atoms with Crippen LogP contribution in [0.2, 0.25) is 0 Å². The molecule has 12 nitrogen and oxygen atoms in total. The second-order valence-electron chi connectivity index (χ2n) is 10.1. The van der Waals surface area contributed by atoms with Crippen LogP contribution in [0.3, 0.4) is 0 Å². The van der Waals surface area contributed by atoms with Crippen molar-refractivity contribution >= 4 is 51.7 Å². The van der Waals surface area contributed by atoms with Gasteiger partial charge in [-0.25, -0.2) is 15.0 Å². The van der Waals surface area contributed by atoms with Crippen LogP contribution in [0.4, 0.5) is 5.82 Å². The first-order valence-corrected chi connectivity index (χ1v) is 14.0. The Kier molecular flexibility index (Phi) is 10.3. The van der Waals surface area contributed by atoms with Gasteiger partial charge in [0.05, 0.1) is 18.2 Å². The van der Waals surface area contributed by atoms with Crippen LogP contribution >= 0.6 is 11.8 Å². The van der Waals surface area contributed by atoms with E-state index >= 15 is 0 Å². The average Bonchev–Trinajstić information content (AvgIpc) is 3.46. The van der Waals surface area contributed by atoms with Crippen LogP contribution in [0.25, 0.3) is 11.2 Å². The van der Waals surface area contributed by atoms with Gasteiger partial charge in [-0.2, -0.15) is 0 Å². The molecule has 3 heterocycles. The Morgan fingerprint density at radius 3 is 2.55 bits per heavy atom. The number of rotatable bonds is 11. The number of nitrogens with zero attached hydrogens (tertiary/aromatic N) is 4. The number of carbonyl (C=O) groups excluding carboxylic acids is 4. The lowest BCUT2D eigenvalue weighted by Crippen LogP contribution is -2.46. The van der Waals surface area contributed by atoms with Crippen LogP contribution in [0.1, 0.15) is 65.9 Å². The van der Waals surface area contributed by atoms with Gasteiger partial charge in [-0.15, -0.1) is 6.42 Å². The number of ether oxygens (including phenoxy) is 3. The van der Waals surface area contributed by atoms with E-state index in [2.05, 4.69) is 26.2 Å². The molecule has 13 heteroatoms. The minimum Gasteiger partial charge on any atom is -0.461 e. The number of terminal acetylenes is 1. The molecule has 1 amide bonds. The van der Waals surface area contributed by atoms with Crippen molar-refractivity contribution in [3.63, 3.8) is 0 Å². The molecule has 2 aromatic heterocycles. The molecule has 3 atom stereocenters. The molecule has 0 bridgehead atoms. The molecule has 1 aliphatic heterocycles. The standard InChI is InChI=1S/C27H35N5O7S/c1-8-27(13-37-25(35)15(2)3)19(38-26(36)16(4)5)12-21(39-27)32-14-28-22-23(29-17(6)30-24(22)32)31-20(34)10-9-11-40-18(7)33/h1,14-16,19,21H,9-13H2,2-7H3,(H,29,30,31,34)/t19-,21+,27+/m0/s1. The number of thioether (sulfide) groups is 1. The lowest BCUT2D eigenvalue weighted by atomic mass is 9.98. The number of esters is 2. The summed E-state index contributed by atoms with van der Waals surface area (Å²) in [6.45, 7) is 9.64. The smallest absolute Gasteiger partial charge is 0.308 e. The lowest BCUT2D eigenvalue weighted by Gasteiger charge is -2.29. The Balaban J connectivity index is 1.88. The van der Waals surface area contributed by atoms with Crippen LogP contribution in [-0.2, 0) is 33.4 Å². The molecule has 0 aromatic carbocycles. The normalized spacial score (nSPS) is 20.5. The van der Waals surface area contributed by atoms with Crippen molar-refractivity contribution < 1.29 is 33.4 Å². The first kappa shape index (κ1) is 31.0. The summed E-state index contributed by atoms with van der Waals surface area (Å²) >= 11 is 1.17. The summed E-state index contributed by atoms with van der Waals surface area (Å²) in [7, 11) is 0. The van der Waals surface area contributed by atoms with Gasteiger partial charge in [-0.05, 0) is 13.3 Å². The lowest BCUT2D eigenvalue weighted by molar-refractivity contribution is -0.170. The molecule has 40 heavy (non-hydrogen) atoms. The van der Waals surface area contributed by atoms with Crippen molar-refractivity contribution in [3.8, 4) is 12.3 Å². The summed E-state index contributed by atoms with van der Waals surface area (Å²) in [5.41, 5.74) is -0.824. The Bertz CT molecular complexity index is 1320. The number of hydrogen-bond donors (Lipinski definition) is 1. The monoisotopic (exact) mass is 573 g/mol. The number of hydrogen-bond acceptors (Lipinski definition) is 11. The molecule has 1 N–H and O–H groups in total.